The zero-order valence-corrected chi connectivity index (χ0v) is 8.89. The average molecular weight is 182 g/mol. The van der Waals surface area contributed by atoms with E-state index in [0.717, 1.165) is 6.42 Å². The van der Waals surface area contributed by atoms with E-state index in [1.54, 1.807) is 13.0 Å². The number of ether oxygens (including phenoxy) is 1. The zero-order valence-electron chi connectivity index (χ0n) is 8.89. The normalized spacial score (nSPS) is 10.9. The molecule has 0 aromatic heterocycles. The molecule has 0 radical (unpaired) electrons. The van der Waals surface area contributed by atoms with E-state index in [0.29, 0.717) is 12.2 Å². The van der Waals surface area contributed by atoms with Crippen molar-refractivity contribution in [2.45, 2.75) is 34.1 Å². The summed E-state index contributed by atoms with van der Waals surface area (Å²) in [5, 5.41) is 0. The van der Waals surface area contributed by atoms with Crippen LogP contribution in [0, 0.1) is 0 Å². The Morgan fingerprint density at radius 2 is 1.92 bits per heavy atom. The molecule has 0 bridgehead atoms. The van der Waals surface area contributed by atoms with Crippen LogP contribution in [0.1, 0.15) is 34.1 Å². The van der Waals surface area contributed by atoms with Crippen LogP contribution in [0.3, 0.4) is 0 Å². The van der Waals surface area contributed by atoms with Crippen LogP contribution in [0.15, 0.2) is 23.3 Å². The van der Waals surface area contributed by atoms with Crippen molar-refractivity contribution in [3.05, 3.63) is 23.3 Å². The van der Waals surface area contributed by atoms with E-state index in [2.05, 4.69) is 6.08 Å². The van der Waals surface area contributed by atoms with Crippen LogP contribution >= 0.6 is 0 Å². The van der Waals surface area contributed by atoms with E-state index in [9.17, 15) is 4.79 Å². The summed E-state index contributed by atoms with van der Waals surface area (Å²) in [7, 11) is 0. The van der Waals surface area contributed by atoms with Crippen molar-refractivity contribution >= 4 is 5.97 Å². The summed E-state index contributed by atoms with van der Waals surface area (Å²) in [6, 6.07) is 0. The minimum Gasteiger partial charge on any atom is -0.462 e. The maximum atomic E-state index is 11.1. The fourth-order valence-corrected chi connectivity index (χ4v) is 0.731. The molecule has 0 saturated heterocycles. The Hall–Kier alpha value is -1.05. The van der Waals surface area contributed by atoms with Crippen LogP contribution in [0.2, 0.25) is 0 Å². The molecule has 13 heavy (non-hydrogen) atoms. The number of esters is 1. The topological polar surface area (TPSA) is 26.3 Å². The van der Waals surface area contributed by atoms with Gasteiger partial charge in [0.15, 0.2) is 0 Å². The molecule has 0 aliphatic rings. The molecule has 2 nitrogen and oxygen atoms in total. The standard InChI is InChI=1S/C11H18O2/c1-5-10(4)11(12)13-8-6-7-9(2)3/h5,7H,6,8H2,1-4H3/b10-5-. The van der Waals surface area contributed by atoms with Crippen molar-refractivity contribution in [1.82, 2.24) is 0 Å². The predicted octanol–water partition coefficient (Wildman–Crippen LogP) is 2.85. The summed E-state index contributed by atoms with van der Waals surface area (Å²) in [6.07, 6.45) is 4.60. The number of hydrogen-bond acceptors (Lipinski definition) is 2. The molecule has 0 heterocycles. The smallest absolute Gasteiger partial charge is 0.333 e. The predicted molar refractivity (Wildman–Crippen MR) is 54.4 cm³/mol. The number of carbonyl (C=O) groups is 1. The molecular weight excluding hydrogens is 164 g/mol. The number of allylic oxidation sites excluding steroid dienone is 2. The molecule has 0 atom stereocenters. The van der Waals surface area contributed by atoms with Crippen molar-refractivity contribution < 1.29 is 9.53 Å². The van der Waals surface area contributed by atoms with Gasteiger partial charge in [-0.2, -0.15) is 0 Å². The van der Waals surface area contributed by atoms with Gasteiger partial charge in [0.25, 0.3) is 0 Å². The number of carbonyl (C=O) groups excluding carboxylic acids is 1. The molecule has 0 aliphatic heterocycles. The first-order valence-corrected chi connectivity index (χ1v) is 4.51. The highest BCUT2D eigenvalue weighted by atomic mass is 16.5. The van der Waals surface area contributed by atoms with Crippen LogP contribution in [-0.4, -0.2) is 12.6 Å². The van der Waals surface area contributed by atoms with Crippen LogP contribution in [0.25, 0.3) is 0 Å². The van der Waals surface area contributed by atoms with Crippen LogP contribution in [-0.2, 0) is 9.53 Å². The summed E-state index contributed by atoms with van der Waals surface area (Å²) in [5.74, 6) is -0.218. The van der Waals surface area contributed by atoms with Crippen LogP contribution < -0.4 is 0 Å². The van der Waals surface area contributed by atoms with Crippen molar-refractivity contribution in [3.63, 3.8) is 0 Å². The lowest BCUT2D eigenvalue weighted by Crippen LogP contribution is -2.06. The van der Waals surface area contributed by atoms with Gasteiger partial charge in [0.2, 0.25) is 0 Å². The van der Waals surface area contributed by atoms with Crippen LogP contribution in [0.5, 0.6) is 0 Å². The maximum Gasteiger partial charge on any atom is 0.333 e. The lowest BCUT2D eigenvalue weighted by Gasteiger charge is -2.02. The lowest BCUT2D eigenvalue weighted by atomic mass is 10.3. The third-order valence-corrected chi connectivity index (χ3v) is 1.66. The fraction of sp³-hybridized carbons (Fsp3) is 0.545. The minimum absolute atomic E-state index is 0.218. The molecular formula is C11H18O2. The fourth-order valence-electron chi connectivity index (χ4n) is 0.731. The van der Waals surface area contributed by atoms with E-state index in [-0.39, 0.29) is 5.97 Å². The zero-order chi connectivity index (χ0) is 10.3. The second-order valence-electron chi connectivity index (χ2n) is 3.18. The lowest BCUT2D eigenvalue weighted by molar-refractivity contribution is -0.138. The molecule has 0 fully saturated rings. The Kier molecular flexibility index (Phi) is 5.94. The second-order valence-corrected chi connectivity index (χ2v) is 3.18. The molecule has 74 valence electrons. The van der Waals surface area contributed by atoms with Gasteiger partial charge in [-0.15, -0.1) is 0 Å². The van der Waals surface area contributed by atoms with Gasteiger partial charge in [-0.05, 0) is 34.1 Å². The van der Waals surface area contributed by atoms with Crippen molar-refractivity contribution in [3.8, 4) is 0 Å². The number of rotatable bonds is 4. The molecule has 0 amide bonds. The van der Waals surface area contributed by atoms with Gasteiger partial charge >= 0.3 is 5.97 Å². The largest absolute Gasteiger partial charge is 0.462 e. The maximum absolute atomic E-state index is 11.1. The molecule has 0 rings (SSSR count). The molecule has 0 N–H and O–H groups in total. The van der Waals surface area contributed by atoms with E-state index in [1.807, 2.05) is 20.8 Å². The molecule has 0 aromatic carbocycles. The first kappa shape index (κ1) is 11.9. The Balaban J connectivity index is 3.67. The summed E-state index contributed by atoms with van der Waals surface area (Å²) < 4.78 is 4.99. The highest BCUT2D eigenvalue weighted by Gasteiger charge is 2.02. The summed E-state index contributed by atoms with van der Waals surface area (Å²) in [6.45, 7) is 8.10. The van der Waals surface area contributed by atoms with Gasteiger partial charge < -0.3 is 4.74 Å². The molecule has 0 unspecified atom stereocenters. The molecule has 0 aliphatic carbocycles. The molecule has 2 heteroatoms. The molecule has 0 aromatic rings. The first-order chi connectivity index (χ1) is 6.07. The Bertz CT molecular complexity index is 220. The van der Waals surface area contributed by atoms with E-state index in [1.165, 1.54) is 5.57 Å². The monoisotopic (exact) mass is 182 g/mol. The summed E-state index contributed by atoms with van der Waals surface area (Å²) in [5.41, 5.74) is 1.91. The van der Waals surface area contributed by atoms with Crippen LogP contribution in [0.4, 0.5) is 0 Å². The van der Waals surface area contributed by atoms with Gasteiger partial charge in [0, 0.05) is 5.57 Å². The van der Waals surface area contributed by atoms with E-state index in [4.69, 9.17) is 4.74 Å². The van der Waals surface area contributed by atoms with E-state index >= 15 is 0 Å². The molecule has 0 spiro atoms. The van der Waals surface area contributed by atoms with Gasteiger partial charge in [0.05, 0.1) is 6.61 Å². The van der Waals surface area contributed by atoms with Gasteiger partial charge in [0.1, 0.15) is 0 Å². The first-order valence-electron chi connectivity index (χ1n) is 4.51. The van der Waals surface area contributed by atoms with Crippen molar-refractivity contribution in [2.24, 2.45) is 0 Å². The quantitative estimate of drug-likeness (QED) is 0.289. The SMILES string of the molecule is C/C=C(/C)C(=O)OCCC=C(C)C. The van der Waals surface area contributed by atoms with Crippen molar-refractivity contribution in [2.75, 3.05) is 6.61 Å². The Morgan fingerprint density at radius 1 is 1.31 bits per heavy atom. The van der Waals surface area contributed by atoms with Gasteiger partial charge in [-0.3, -0.25) is 0 Å². The highest BCUT2D eigenvalue weighted by Crippen LogP contribution is 1.98. The summed E-state index contributed by atoms with van der Waals surface area (Å²) >= 11 is 0. The third kappa shape index (κ3) is 6.14. The Morgan fingerprint density at radius 3 is 2.38 bits per heavy atom. The number of hydrogen-bond donors (Lipinski definition) is 0. The average Bonchev–Trinajstić information content (AvgIpc) is 2.10. The second kappa shape index (κ2) is 6.46. The van der Waals surface area contributed by atoms with Gasteiger partial charge in [-0.1, -0.05) is 17.7 Å². The van der Waals surface area contributed by atoms with Crippen molar-refractivity contribution in [1.29, 1.82) is 0 Å². The summed E-state index contributed by atoms with van der Waals surface area (Å²) in [4.78, 5) is 11.1. The Labute approximate surface area is 80.3 Å². The van der Waals surface area contributed by atoms with E-state index < -0.39 is 0 Å². The molecule has 0 saturated carbocycles. The third-order valence-electron chi connectivity index (χ3n) is 1.66. The van der Waals surface area contributed by atoms with Gasteiger partial charge in [-0.25, -0.2) is 4.79 Å². The highest BCUT2D eigenvalue weighted by molar-refractivity contribution is 5.87. The minimum atomic E-state index is -0.218.